The number of alkyl halides is 3. The van der Waals surface area contributed by atoms with Crippen LogP contribution in [0.1, 0.15) is 42.7 Å². The molecule has 1 amide bonds. The van der Waals surface area contributed by atoms with Crippen molar-refractivity contribution in [3.63, 3.8) is 0 Å². The molecule has 116 valence electrons. The second-order valence-corrected chi connectivity index (χ2v) is 5.38. The number of rotatable bonds is 4. The Kier molecular flexibility index (Phi) is 4.51. The van der Waals surface area contributed by atoms with Crippen molar-refractivity contribution in [1.82, 2.24) is 10.3 Å². The van der Waals surface area contributed by atoms with Gasteiger partial charge in [0, 0.05) is 12.2 Å². The number of amides is 1. The number of ether oxygens (including phenoxy) is 1. The molecule has 0 unspecified atom stereocenters. The molecule has 7 heteroatoms. The highest BCUT2D eigenvalue weighted by atomic mass is 19.4. The molecule has 1 aromatic rings. The number of nitrogens with one attached hydrogen (secondary N) is 1. The fourth-order valence-electron chi connectivity index (χ4n) is 2.14. The molecule has 21 heavy (non-hydrogen) atoms. The van der Waals surface area contributed by atoms with Gasteiger partial charge in [0.1, 0.15) is 5.69 Å². The van der Waals surface area contributed by atoms with Crippen molar-refractivity contribution in [3.05, 3.63) is 29.6 Å². The van der Waals surface area contributed by atoms with Gasteiger partial charge in [-0.05, 0) is 38.8 Å². The molecule has 0 aliphatic heterocycles. The normalized spacial score (nSPS) is 22.0. The van der Waals surface area contributed by atoms with E-state index in [1.54, 1.807) is 0 Å². The maximum atomic E-state index is 12.4. The molecule has 2 rings (SSSR count). The van der Waals surface area contributed by atoms with Crippen LogP contribution in [0.15, 0.2) is 18.3 Å². The second-order valence-electron chi connectivity index (χ2n) is 5.38. The number of nitrogens with zero attached hydrogens (tertiary/aromatic N) is 1. The highest BCUT2D eigenvalue weighted by Gasteiger charge is 2.33. The van der Waals surface area contributed by atoms with Gasteiger partial charge in [0.25, 0.3) is 5.91 Å². The maximum Gasteiger partial charge on any atom is 0.433 e. The van der Waals surface area contributed by atoms with Gasteiger partial charge in [0.2, 0.25) is 0 Å². The molecule has 1 saturated carbocycles. The van der Waals surface area contributed by atoms with E-state index in [1.807, 2.05) is 13.8 Å². The third-order valence-electron chi connectivity index (χ3n) is 3.21. The van der Waals surface area contributed by atoms with E-state index in [0.717, 1.165) is 31.2 Å². The third-order valence-corrected chi connectivity index (χ3v) is 3.21. The summed E-state index contributed by atoms with van der Waals surface area (Å²) in [5, 5.41) is 2.75. The van der Waals surface area contributed by atoms with Gasteiger partial charge in [0.05, 0.1) is 17.8 Å². The lowest BCUT2D eigenvalue weighted by Gasteiger charge is -2.36. The minimum Gasteiger partial charge on any atom is -0.375 e. The number of carbonyl (C=O) groups is 1. The van der Waals surface area contributed by atoms with Gasteiger partial charge in [-0.1, -0.05) is 0 Å². The van der Waals surface area contributed by atoms with E-state index in [9.17, 15) is 18.0 Å². The van der Waals surface area contributed by atoms with Crippen molar-refractivity contribution >= 4 is 5.91 Å². The topological polar surface area (TPSA) is 51.2 Å². The summed E-state index contributed by atoms with van der Waals surface area (Å²) in [7, 11) is 0. The summed E-state index contributed by atoms with van der Waals surface area (Å²) in [5.41, 5.74) is -0.885. The van der Waals surface area contributed by atoms with Gasteiger partial charge in [-0.15, -0.1) is 0 Å². The first-order valence-electron chi connectivity index (χ1n) is 6.75. The summed E-state index contributed by atoms with van der Waals surface area (Å²) in [6.07, 6.45) is -1.83. The first kappa shape index (κ1) is 15.8. The quantitative estimate of drug-likeness (QED) is 0.930. The summed E-state index contributed by atoms with van der Waals surface area (Å²) in [6, 6.07) is 1.94. The minimum atomic E-state index is -4.50. The Labute approximate surface area is 120 Å². The summed E-state index contributed by atoms with van der Waals surface area (Å²) in [4.78, 5) is 15.1. The monoisotopic (exact) mass is 302 g/mol. The average Bonchev–Trinajstić information content (AvgIpc) is 2.34. The minimum absolute atomic E-state index is 0.00328. The Morgan fingerprint density at radius 3 is 2.52 bits per heavy atom. The summed E-state index contributed by atoms with van der Waals surface area (Å²) in [5.74, 6) is -0.413. The molecule has 1 aliphatic carbocycles. The third kappa shape index (κ3) is 4.17. The number of carbonyl (C=O) groups excluding carboxylic acids is 1. The van der Waals surface area contributed by atoms with Gasteiger partial charge >= 0.3 is 6.18 Å². The fourth-order valence-corrected chi connectivity index (χ4v) is 2.14. The predicted octanol–water partition coefficient (Wildman–Crippen LogP) is 2.79. The number of aromatic nitrogens is 1. The van der Waals surface area contributed by atoms with Crippen LogP contribution in [0.2, 0.25) is 0 Å². The fraction of sp³-hybridized carbons (Fsp3) is 0.571. The summed E-state index contributed by atoms with van der Waals surface area (Å²) in [6.45, 7) is 3.89. The zero-order valence-electron chi connectivity index (χ0n) is 11.8. The number of halogens is 3. The molecule has 0 radical (unpaired) electrons. The zero-order chi connectivity index (χ0) is 15.6. The highest BCUT2D eigenvalue weighted by molar-refractivity contribution is 5.94. The molecule has 1 fully saturated rings. The molecule has 0 spiro atoms. The molecule has 0 bridgehead atoms. The second kappa shape index (κ2) is 6.01. The van der Waals surface area contributed by atoms with E-state index in [4.69, 9.17) is 4.74 Å². The van der Waals surface area contributed by atoms with Crippen LogP contribution in [0.3, 0.4) is 0 Å². The van der Waals surface area contributed by atoms with Gasteiger partial charge < -0.3 is 10.1 Å². The Balaban J connectivity index is 1.85. The largest absolute Gasteiger partial charge is 0.433 e. The summed E-state index contributed by atoms with van der Waals surface area (Å²) < 4.78 is 42.7. The number of hydrogen-bond donors (Lipinski definition) is 1. The molecular formula is C14H17F3N2O2. The van der Waals surface area contributed by atoms with Gasteiger partial charge in [0.15, 0.2) is 0 Å². The van der Waals surface area contributed by atoms with E-state index in [1.165, 1.54) is 0 Å². The Morgan fingerprint density at radius 1 is 1.38 bits per heavy atom. The van der Waals surface area contributed by atoms with Crippen molar-refractivity contribution < 1.29 is 22.7 Å². The Hall–Kier alpha value is -1.63. The SMILES string of the molecule is CC(C)OC1CC(NC(=O)c2ccc(C(F)(F)F)nc2)C1. The maximum absolute atomic E-state index is 12.4. The number of hydrogen-bond acceptors (Lipinski definition) is 3. The van der Waals surface area contributed by atoms with Crippen molar-refractivity contribution in [3.8, 4) is 0 Å². The van der Waals surface area contributed by atoms with Crippen molar-refractivity contribution in [2.24, 2.45) is 0 Å². The highest BCUT2D eigenvalue weighted by Crippen LogP contribution is 2.27. The Morgan fingerprint density at radius 2 is 2.05 bits per heavy atom. The first-order chi connectivity index (χ1) is 9.75. The van der Waals surface area contributed by atoms with E-state index >= 15 is 0 Å². The molecule has 1 heterocycles. The van der Waals surface area contributed by atoms with Gasteiger partial charge in [-0.2, -0.15) is 13.2 Å². The molecule has 4 nitrogen and oxygen atoms in total. The van der Waals surface area contributed by atoms with Crippen molar-refractivity contribution in [2.75, 3.05) is 0 Å². The van der Waals surface area contributed by atoms with Crippen LogP contribution in [0.4, 0.5) is 13.2 Å². The molecule has 0 saturated heterocycles. The van der Waals surface area contributed by atoms with E-state index in [0.29, 0.717) is 0 Å². The van der Waals surface area contributed by atoms with Gasteiger partial charge in [-0.3, -0.25) is 9.78 Å². The average molecular weight is 302 g/mol. The summed E-state index contributed by atoms with van der Waals surface area (Å²) >= 11 is 0. The lowest BCUT2D eigenvalue weighted by Crippen LogP contribution is -2.48. The van der Waals surface area contributed by atoms with Crippen LogP contribution >= 0.6 is 0 Å². The van der Waals surface area contributed by atoms with Crippen LogP contribution in [0, 0.1) is 0 Å². The van der Waals surface area contributed by atoms with E-state index in [2.05, 4.69) is 10.3 Å². The molecule has 1 N–H and O–H groups in total. The first-order valence-corrected chi connectivity index (χ1v) is 6.75. The van der Waals surface area contributed by atoms with Crippen molar-refractivity contribution in [2.45, 2.75) is 51.1 Å². The lowest BCUT2D eigenvalue weighted by atomic mass is 9.89. The number of pyridine rings is 1. The smallest absolute Gasteiger partial charge is 0.375 e. The van der Waals surface area contributed by atoms with Crippen LogP contribution in [-0.2, 0) is 10.9 Å². The van der Waals surface area contributed by atoms with Crippen LogP contribution in [-0.4, -0.2) is 29.1 Å². The standard InChI is InChI=1S/C14H17F3N2O2/c1-8(2)21-11-5-10(6-11)19-13(20)9-3-4-12(18-7-9)14(15,16)17/h3-4,7-8,10-11H,5-6H2,1-2H3,(H,19,20). The van der Waals surface area contributed by atoms with Crippen LogP contribution in [0.25, 0.3) is 0 Å². The van der Waals surface area contributed by atoms with Gasteiger partial charge in [-0.25, -0.2) is 0 Å². The molecular weight excluding hydrogens is 285 g/mol. The molecule has 1 aliphatic rings. The molecule has 0 atom stereocenters. The molecule has 0 aromatic carbocycles. The lowest BCUT2D eigenvalue weighted by molar-refractivity contribution is -0.141. The van der Waals surface area contributed by atoms with Crippen LogP contribution < -0.4 is 5.32 Å². The predicted molar refractivity (Wildman–Crippen MR) is 69.7 cm³/mol. The van der Waals surface area contributed by atoms with Crippen LogP contribution in [0.5, 0.6) is 0 Å². The van der Waals surface area contributed by atoms with E-state index < -0.39 is 17.8 Å². The Bertz CT molecular complexity index is 494. The zero-order valence-corrected chi connectivity index (χ0v) is 11.8. The van der Waals surface area contributed by atoms with E-state index in [-0.39, 0.29) is 23.8 Å². The molecule has 1 aromatic heterocycles. The van der Waals surface area contributed by atoms with Crippen molar-refractivity contribution in [1.29, 1.82) is 0 Å².